The Hall–Kier alpha value is -6.79. The maximum Gasteiger partial charge on any atom is 0.159 e. The van der Waals surface area contributed by atoms with E-state index in [-0.39, 0.29) is 6.17 Å². The van der Waals surface area contributed by atoms with Crippen LogP contribution in [0.1, 0.15) is 28.4 Å². The average Bonchev–Trinajstić information content (AvgIpc) is 3.53. The molecular formula is C44H30N6. The molecule has 6 heteroatoms. The fourth-order valence-electron chi connectivity index (χ4n) is 7.41. The van der Waals surface area contributed by atoms with Gasteiger partial charge in [-0.2, -0.15) is 0 Å². The number of rotatable bonds is 5. The number of pyridine rings is 1. The number of aromatic nitrogens is 2. The second kappa shape index (κ2) is 11.4. The smallest absolute Gasteiger partial charge is 0.159 e. The van der Waals surface area contributed by atoms with Gasteiger partial charge in [0, 0.05) is 45.4 Å². The molecule has 6 aromatic carbocycles. The number of anilines is 2. The average molecular weight is 643 g/mol. The van der Waals surface area contributed by atoms with Crippen molar-refractivity contribution in [1.29, 1.82) is 0 Å². The number of aliphatic imine (C=N–C) groups is 2. The van der Waals surface area contributed by atoms with Gasteiger partial charge in [0.1, 0.15) is 12.0 Å². The number of benzene rings is 6. The lowest BCUT2D eigenvalue weighted by Gasteiger charge is -2.28. The van der Waals surface area contributed by atoms with Gasteiger partial charge >= 0.3 is 0 Å². The van der Waals surface area contributed by atoms with E-state index in [0.717, 1.165) is 39.6 Å². The highest BCUT2D eigenvalue weighted by atomic mass is 15.2. The second-order valence-electron chi connectivity index (χ2n) is 12.6. The first-order chi connectivity index (χ1) is 24.8. The number of nitrogens with one attached hydrogen (secondary N) is 1. The number of amidine groups is 2. The maximum absolute atomic E-state index is 5.03. The standard InChI is InChI=1S/C44H30N6/c1-4-13-29(14-5-1)42-46-43(30-15-6-2-7-16-30)48-44(47-42)32-25-34(28-45-27-32)49-24-23-36-40-31(17-12-22-38(40)49)26-39-41(36)35-20-10-11-21-37(35)50(39)33-18-8-3-9-19-33/h1-28,42H,(H,46,47,48). The highest BCUT2D eigenvalue weighted by molar-refractivity contribution is 6.22. The topological polar surface area (TPSA) is 57.8 Å². The van der Waals surface area contributed by atoms with Gasteiger partial charge in [0.25, 0.3) is 0 Å². The van der Waals surface area contributed by atoms with E-state index in [2.05, 4.69) is 124 Å². The molecule has 4 heterocycles. The molecule has 6 nitrogen and oxygen atoms in total. The molecule has 236 valence electrons. The summed E-state index contributed by atoms with van der Waals surface area (Å²) < 4.78 is 2.38. The van der Waals surface area contributed by atoms with Crippen molar-refractivity contribution in [3.8, 4) is 5.69 Å². The number of para-hydroxylation sites is 2. The van der Waals surface area contributed by atoms with Gasteiger partial charge in [0.2, 0.25) is 0 Å². The number of nitrogens with zero attached hydrogens (tertiary/aromatic N) is 5. The van der Waals surface area contributed by atoms with E-state index in [1.807, 2.05) is 60.9 Å². The molecule has 1 unspecified atom stereocenters. The molecule has 0 fully saturated rings. The van der Waals surface area contributed by atoms with Crippen molar-refractivity contribution in [2.75, 3.05) is 4.90 Å². The first-order valence-electron chi connectivity index (χ1n) is 16.8. The van der Waals surface area contributed by atoms with Crippen LogP contribution in [-0.2, 0) is 0 Å². The molecular weight excluding hydrogens is 613 g/mol. The summed E-state index contributed by atoms with van der Waals surface area (Å²) in [5.41, 5.74) is 9.77. The van der Waals surface area contributed by atoms with E-state index in [1.54, 1.807) is 0 Å². The lowest BCUT2D eigenvalue weighted by atomic mass is 9.94. The van der Waals surface area contributed by atoms with Gasteiger partial charge in [-0.1, -0.05) is 109 Å². The van der Waals surface area contributed by atoms with Crippen molar-refractivity contribution in [2.24, 2.45) is 9.98 Å². The van der Waals surface area contributed by atoms with Crippen LogP contribution in [0.5, 0.6) is 0 Å². The Balaban J connectivity index is 1.10. The van der Waals surface area contributed by atoms with Gasteiger partial charge in [-0.05, 0) is 59.0 Å². The molecule has 0 bridgehead atoms. The fraction of sp³-hybridized carbons (Fsp3) is 0.0227. The van der Waals surface area contributed by atoms with Crippen molar-refractivity contribution in [1.82, 2.24) is 14.9 Å². The Morgan fingerprint density at radius 2 is 1.36 bits per heavy atom. The van der Waals surface area contributed by atoms with Crippen LogP contribution in [0, 0.1) is 0 Å². The SMILES string of the molecule is C1=CN(c2cncc(C3=NC(c4ccccc4)=NC(c4ccccc4)N3)c2)c2cccc3cc4c(c1c23)c1ccccc1n4-c1ccccc1. The van der Waals surface area contributed by atoms with Crippen LogP contribution in [0.2, 0.25) is 0 Å². The zero-order valence-electron chi connectivity index (χ0n) is 27.0. The largest absolute Gasteiger partial charge is 0.344 e. The van der Waals surface area contributed by atoms with Crippen LogP contribution >= 0.6 is 0 Å². The maximum atomic E-state index is 5.03. The molecule has 0 spiro atoms. The quantitative estimate of drug-likeness (QED) is 0.203. The Kier molecular flexibility index (Phi) is 6.45. The fourth-order valence-corrected chi connectivity index (χ4v) is 7.41. The van der Waals surface area contributed by atoms with E-state index in [0.29, 0.717) is 5.84 Å². The number of fused-ring (bicyclic) bond motifs is 4. The monoisotopic (exact) mass is 642 g/mol. The van der Waals surface area contributed by atoms with E-state index < -0.39 is 0 Å². The first kappa shape index (κ1) is 28.2. The molecule has 10 rings (SSSR count). The summed E-state index contributed by atoms with van der Waals surface area (Å²) in [7, 11) is 0. The van der Waals surface area contributed by atoms with Gasteiger partial charge in [-0.25, -0.2) is 9.98 Å². The van der Waals surface area contributed by atoms with Crippen molar-refractivity contribution in [3.63, 3.8) is 0 Å². The summed E-state index contributed by atoms with van der Waals surface area (Å²) in [5.74, 6) is 1.42. The molecule has 8 aromatic rings. The molecule has 50 heavy (non-hydrogen) atoms. The molecule has 1 atom stereocenters. The molecule has 0 saturated carbocycles. The van der Waals surface area contributed by atoms with Crippen molar-refractivity contribution < 1.29 is 0 Å². The number of hydrogen-bond donors (Lipinski definition) is 1. The molecule has 1 N–H and O–H groups in total. The predicted octanol–water partition coefficient (Wildman–Crippen LogP) is 9.95. The summed E-state index contributed by atoms with van der Waals surface area (Å²) in [4.78, 5) is 17.0. The lowest BCUT2D eigenvalue weighted by Crippen LogP contribution is -2.33. The van der Waals surface area contributed by atoms with E-state index >= 15 is 0 Å². The lowest BCUT2D eigenvalue weighted by molar-refractivity contribution is 0.674. The van der Waals surface area contributed by atoms with E-state index in [4.69, 9.17) is 15.0 Å². The minimum absolute atomic E-state index is 0.279. The zero-order valence-corrected chi connectivity index (χ0v) is 27.0. The Bertz CT molecular complexity index is 2670. The first-order valence-corrected chi connectivity index (χ1v) is 16.8. The minimum atomic E-state index is -0.279. The summed E-state index contributed by atoms with van der Waals surface area (Å²) in [6.45, 7) is 0. The second-order valence-corrected chi connectivity index (χ2v) is 12.6. The summed E-state index contributed by atoms with van der Waals surface area (Å²) in [5, 5.41) is 8.50. The summed E-state index contributed by atoms with van der Waals surface area (Å²) in [6, 6.07) is 50.8. The molecule has 0 amide bonds. The van der Waals surface area contributed by atoms with Gasteiger partial charge in [-0.3, -0.25) is 4.98 Å². The van der Waals surface area contributed by atoms with E-state index in [9.17, 15) is 0 Å². The molecule has 0 saturated heterocycles. The Morgan fingerprint density at radius 1 is 0.600 bits per heavy atom. The van der Waals surface area contributed by atoms with Crippen molar-refractivity contribution >= 4 is 61.7 Å². The van der Waals surface area contributed by atoms with Crippen LogP contribution in [-0.4, -0.2) is 21.2 Å². The predicted molar refractivity (Wildman–Crippen MR) is 206 cm³/mol. The highest BCUT2D eigenvalue weighted by Gasteiger charge is 2.25. The summed E-state index contributed by atoms with van der Waals surface area (Å²) in [6.07, 6.45) is 7.94. The van der Waals surface area contributed by atoms with Crippen LogP contribution < -0.4 is 10.2 Å². The number of hydrogen-bond acceptors (Lipinski definition) is 5. The molecule has 2 aliphatic rings. The minimum Gasteiger partial charge on any atom is -0.344 e. The van der Waals surface area contributed by atoms with Crippen LogP contribution in [0.25, 0.3) is 44.3 Å². The van der Waals surface area contributed by atoms with Gasteiger partial charge < -0.3 is 14.8 Å². The van der Waals surface area contributed by atoms with E-state index in [1.165, 1.54) is 38.1 Å². The van der Waals surface area contributed by atoms with Gasteiger partial charge in [0.15, 0.2) is 5.84 Å². The van der Waals surface area contributed by atoms with Crippen molar-refractivity contribution in [3.05, 3.63) is 186 Å². The van der Waals surface area contributed by atoms with Crippen LogP contribution in [0.15, 0.2) is 174 Å². The third kappa shape index (κ3) is 4.54. The molecule has 0 radical (unpaired) electrons. The third-order valence-electron chi connectivity index (χ3n) is 9.65. The Labute approximate surface area is 289 Å². The van der Waals surface area contributed by atoms with Crippen LogP contribution in [0.3, 0.4) is 0 Å². The molecule has 2 aliphatic heterocycles. The van der Waals surface area contributed by atoms with Crippen molar-refractivity contribution in [2.45, 2.75) is 6.17 Å². The zero-order chi connectivity index (χ0) is 33.0. The molecule has 2 aromatic heterocycles. The van der Waals surface area contributed by atoms with Gasteiger partial charge in [0.05, 0.1) is 28.6 Å². The third-order valence-corrected chi connectivity index (χ3v) is 9.65. The van der Waals surface area contributed by atoms with Crippen LogP contribution in [0.4, 0.5) is 11.4 Å². The normalized spacial score (nSPS) is 15.3. The summed E-state index contributed by atoms with van der Waals surface area (Å²) >= 11 is 0. The highest BCUT2D eigenvalue weighted by Crippen LogP contribution is 2.45. The van der Waals surface area contributed by atoms with Gasteiger partial charge in [-0.15, -0.1) is 0 Å². The molecule has 0 aliphatic carbocycles. The Morgan fingerprint density at radius 3 is 2.20 bits per heavy atom.